The van der Waals surface area contributed by atoms with Gasteiger partial charge in [-0.15, -0.1) is 11.8 Å². The summed E-state index contributed by atoms with van der Waals surface area (Å²) < 4.78 is 0. The third-order valence-electron chi connectivity index (χ3n) is 2.58. The van der Waals surface area contributed by atoms with Gasteiger partial charge in [0.15, 0.2) is 0 Å². The Kier molecular flexibility index (Phi) is 6.05. The van der Waals surface area contributed by atoms with Crippen molar-refractivity contribution >= 4 is 23.4 Å². The smallest absolute Gasteiger partial charge is 0.338 e. The van der Waals surface area contributed by atoms with Crippen molar-refractivity contribution in [2.75, 3.05) is 17.6 Å². The van der Waals surface area contributed by atoms with Crippen molar-refractivity contribution in [3.63, 3.8) is 0 Å². The fraction of sp³-hybridized carbons (Fsp3) is 0.500. The lowest BCUT2D eigenvalue weighted by Gasteiger charge is -2.13. The molecule has 0 unspecified atom stereocenters. The van der Waals surface area contributed by atoms with Gasteiger partial charge in [0.2, 0.25) is 0 Å². The third-order valence-corrected chi connectivity index (χ3v) is 3.52. The van der Waals surface area contributed by atoms with Crippen molar-refractivity contribution in [1.29, 1.82) is 0 Å². The highest BCUT2D eigenvalue weighted by molar-refractivity contribution is 7.99. The lowest BCUT2D eigenvalue weighted by molar-refractivity contribution is 0.0694. The molecule has 0 aliphatic rings. The normalized spacial score (nSPS) is 10.7. The van der Waals surface area contributed by atoms with Gasteiger partial charge in [0.05, 0.1) is 5.56 Å². The van der Waals surface area contributed by atoms with Crippen molar-refractivity contribution < 1.29 is 9.90 Å². The minimum atomic E-state index is -0.862. The predicted molar refractivity (Wildman–Crippen MR) is 77.7 cm³/mol. The fourth-order valence-electron chi connectivity index (χ4n) is 1.67. The van der Waals surface area contributed by atoms with Gasteiger partial charge in [-0.25, -0.2) is 4.79 Å². The van der Waals surface area contributed by atoms with Crippen LogP contribution >= 0.6 is 11.8 Å². The Hall–Kier alpha value is -1.16. The Morgan fingerprint density at radius 3 is 2.72 bits per heavy atom. The van der Waals surface area contributed by atoms with E-state index in [1.807, 2.05) is 25.1 Å². The summed E-state index contributed by atoms with van der Waals surface area (Å²) in [6, 6.07) is 5.61. The van der Waals surface area contributed by atoms with Crippen LogP contribution in [-0.2, 0) is 0 Å². The molecule has 0 fully saturated rings. The SMILES string of the molecule is CCSc1cccc(NCCC(C)C)c1C(=O)O. The van der Waals surface area contributed by atoms with Crippen molar-refractivity contribution in [3.05, 3.63) is 23.8 Å². The van der Waals surface area contributed by atoms with E-state index in [4.69, 9.17) is 0 Å². The molecule has 1 rings (SSSR count). The van der Waals surface area contributed by atoms with E-state index in [0.29, 0.717) is 11.5 Å². The summed E-state index contributed by atoms with van der Waals surface area (Å²) in [5.74, 6) is 0.619. The molecule has 0 saturated carbocycles. The molecule has 1 aromatic rings. The van der Waals surface area contributed by atoms with Gasteiger partial charge >= 0.3 is 5.97 Å². The Labute approximate surface area is 113 Å². The number of carboxylic acid groups (broad SMARTS) is 1. The van der Waals surface area contributed by atoms with E-state index >= 15 is 0 Å². The first kappa shape index (κ1) is 14.9. The quantitative estimate of drug-likeness (QED) is 0.734. The summed E-state index contributed by atoms with van der Waals surface area (Å²) >= 11 is 1.56. The number of carboxylic acids is 1. The van der Waals surface area contributed by atoms with Crippen LogP contribution in [0.25, 0.3) is 0 Å². The number of aromatic carboxylic acids is 1. The summed E-state index contributed by atoms with van der Waals surface area (Å²) in [5, 5.41) is 12.6. The van der Waals surface area contributed by atoms with Crippen molar-refractivity contribution in [3.8, 4) is 0 Å². The summed E-state index contributed by atoms with van der Waals surface area (Å²) in [6.07, 6.45) is 1.03. The summed E-state index contributed by atoms with van der Waals surface area (Å²) in [5.41, 5.74) is 1.12. The molecule has 0 bridgehead atoms. The zero-order chi connectivity index (χ0) is 13.5. The zero-order valence-electron chi connectivity index (χ0n) is 11.2. The Morgan fingerprint density at radius 1 is 1.44 bits per heavy atom. The number of carbonyl (C=O) groups is 1. The van der Waals surface area contributed by atoms with E-state index in [1.165, 1.54) is 0 Å². The van der Waals surface area contributed by atoms with E-state index in [1.54, 1.807) is 11.8 Å². The first-order valence-corrected chi connectivity index (χ1v) is 7.27. The third kappa shape index (κ3) is 4.26. The van der Waals surface area contributed by atoms with Crippen molar-refractivity contribution in [1.82, 2.24) is 0 Å². The molecular formula is C14H21NO2S. The zero-order valence-corrected chi connectivity index (χ0v) is 12.0. The van der Waals surface area contributed by atoms with Crippen molar-refractivity contribution in [2.45, 2.75) is 32.1 Å². The number of nitrogens with one attached hydrogen (secondary N) is 1. The molecule has 0 heterocycles. The molecular weight excluding hydrogens is 246 g/mol. The Balaban J connectivity index is 2.88. The minimum absolute atomic E-state index is 0.396. The van der Waals surface area contributed by atoms with Crippen LogP contribution in [-0.4, -0.2) is 23.4 Å². The molecule has 0 atom stereocenters. The van der Waals surface area contributed by atoms with Crippen LogP contribution < -0.4 is 5.32 Å². The van der Waals surface area contributed by atoms with Crippen LogP contribution in [0.2, 0.25) is 0 Å². The maximum Gasteiger partial charge on any atom is 0.338 e. The Morgan fingerprint density at radius 2 is 2.17 bits per heavy atom. The average Bonchev–Trinajstić information content (AvgIpc) is 2.28. The second-order valence-corrected chi connectivity index (χ2v) is 5.83. The lowest BCUT2D eigenvalue weighted by atomic mass is 10.1. The molecule has 1 aromatic carbocycles. The molecule has 3 nitrogen and oxygen atoms in total. The highest BCUT2D eigenvalue weighted by atomic mass is 32.2. The van der Waals surface area contributed by atoms with Gasteiger partial charge in [-0.05, 0) is 30.2 Å². The molecule has 0 saturated heterocycles. The van der Waals surface area contributed by atoms with Crippen LogP contribution in [0.5, 0.6) is 0 Å². The van der Waals surface area contributed by atoms with Gasteiger partial charge < -0.3 is 10.4 Å². The molecule has 4 heteroatoms. The molecule has 0 spiro atoms. The number of hydrogen-bond acceptors (Lipinski definition) is 3. The summed E-state index contributed by atoms with van der Waals surface area (Å²) in [7, 11) is 0. The number of rotatable bonds is 7. The minimum Gasteiger partial charge on any atom is -0.478 e. The second-order valence-electron chi connectivity index (χ2n) is 4.53. The van der Waals surface area contributed by atoms with Gasteiger partial charge in [0, 0.05) is 17.1 Å². The maximum atomic E-state index is 11.4. The van der Waals surface area contributed by atoms with E-state index in [0.717, 1.165) is 29.3 Å². The highest BCUT2D eigenvalue weighted by Crippen LogP contribution is 2.28. The van der Waals surface area contributed by atoms with E-state index < -0.39 is 5.97 Å². The molecule has 2 N–H and O–H groups in total. The van der Waals surface area contributed by atoms with Crippen LogP contribution in [0.3, 0.4) is 0 Å². The van der Waals surface area contributed by atoms with Gasteiger partial charge in [-0.1, -0.05) is 26.8 Å². The van der Waals surface area contributed by atoms with E-state index in [2.05, 4.69) is 19.2 Å². The van der Waals surface area contributed by atoms with E-state index in [9.17, 15) is 9.90 Å². The molecule has 0 aliphatic heterocycles. The highest BCUT2D eigenvalue weighted by Gasteiger charge is 2.15. The molecule has 0 aromatic heterocycles. The number of thioether (sulfide) groups is 1. The van der Waals surface area contributed by atoms with Gasteiger partial charge in [0.25, 0.3) is 0 Å². The second kappa shape index (κ2) is 7.31. The van der Waals surface area contributed by atoms with Gasteiger partial charge in [-0.3, -0.25) is 0 Å². The van der Waals surface area contributed by atoms with Crippen LogP contribution in [0.1, 0.15) is 37.6 Å². The summed E-state index contributed by atoms with van der Waals surface area (Å²) in [6.45, 7) is 7.14. The molecule has 0 radical (unpaired) electrons. The molecule has 100 valence electrons. The van der Waals surface area contributed by atoms with Crippen LogP contribution in [0.15, 0.2) is 23.1 Å². The first-order valence-electron chi connectivity index (χ1n) is 6.29. The summed E-state index contributed by atoms with van der Waals surface area (Å²) in [4.78, 5) is 12.2. The molecule has 0 amide bonds. The fourth-order valence-corrected chi connectivity index (χ4v) is 2.50. The largest absolute Gasteiger partial charge is 0.478 e. The van der Waals surface area contributed by atoms with E-state index in [-0.39, 0.29) is 0 Å². The average molecular weight is 267 g/mol. The van der Waals surface area contributed by atoms with Crippen molar-refractivity contribution in [2.24, 2.45) is 5.92 Å². The first-order chi connectivity index (χ1) is 8.56. The van der Waals surface area contributed by atoms with Gasteiger partial charge in [-0.2, -0.15) is 0 Å². The van der Waals surface area contributed by atoms with Gasteiger partial charge in [0.1, 0.15) is 0 Å². The maximum absolute atomic E-state index is 11.4. The van der Waals surface area contributed by atoms with Crippen LogP contribution in [0.4, 0.5) is 5.69 Å². The van der Waals surface area contributed by atoms with Crippen LogP contribution in [0, 0.1) is 5.92 Å². The molecule has 18 heavy (non-hydrogen) atoms. The standard InChI is InChI=1S/C14H21NO2S/c1-4-18-12-7-5-6-11(13(12)14(16)17)15-9-8-10(2)3/h5-7,10,15H,4,8-9H2,1-3H3,(H,16,17). The number of hydrogen-bond donors (Lipinski definition) is 2. The predicted octanol–water partition coefficient (Wildman–Crippen LogP) is 3.95. The Bertz CT molecular complexity index is 405. The lowest BCUT2D eigenvalue weighted by Crippen LogP contribution is -2.10. The number of benzene rings is 1. The monoisotopic (exact) mass is 267 g/mol. The molecule has 0 aliphatic carbocycles. The topological polar surface area (TPSA) is 49.3 Å². The number of anilines is 1.